The van der Waals surface area contributed by atoms with Gasteiger partial charge in [0, 0.05) is 12.1 Å². The predicted octanol–water partition coefficient (Wildman–Crippen LogP) is 2.75. The number of carbonyl (C=O) groups excluding carboxylic acids is 1. The van der Waals surface area contributed by atoms with Crippen molar-refractivity contribution < 1.29 is 4.79 Å². The summed E-state index contributed by atoms with van der Waals surface area (Å²) in [6, 6.07) is 6.10. The van der Waals surface area contributed by atoms with Crippen molar-refractivity contribution in [3.63, 3.8) is 0 Å². The van der Waals surface area contributed by atoms with Gasteiger partial charge in [-0.1, -0.05) is 12.5 Å². The summed E-state index contributed by atoms with van der Waals surface area (Å²) in [5, 5.41) is 2.05. The second-order valence-electron chi connectivity index (χ2n) is 4.82. The summed E-state index contributed by atoms with van der Waals surface area (Å²) in [4.78, 5) is 16.3. The average molecular weight is 312 g/mol. The van der Waals surface area contributed by atoms with Crippen LogP contribution in [0, 0.1) is 0 Å². The molecule has 1 aliphatic heterocycles. The normalized spacial score (nSPS) is 24.8. The minimum Gasteiger partial charge on any atom is -0.283 e. The summed E-state index contributed by atoms with van der Waals surface area (Å²) in [7, 11) is 0. The summed E-state index contributed by atoms with van der Waals surface area (Å²) in [5.41, 5.74) is 3.41. The summed E-state index contributed by atoms with van der Waals surface area (Å²) in [6.45, 7) is 4.29. The van der Waals surface area contributed by atoms with Crippen LogP contribution in [-0.2, 0) is 0 Å². The van der Waals surface area contributed by atoms with Crippen LogP contribution in [0.4, 0.5) is 0 Å². The monoisotopic (exact) mass is 311 g/mol. The Morgan fingerprint density at radius 2 is 2.06 bits per heavy atom. The third-order valence-corrected chi connectivity index (χ3v) is 3.81. The Hall–Kier alpha value is -0.940. The van der Waals surface area contributed by atoms with Gasteiger partial charge in [-0.2, -0.15) is 0 Å². The van der Waals surface area contributed by atoms with Crippen LogP contribution in [0.25, 0.3) is 0 Å². The molecule has 0 spiro atoms. The number of hydrazine groups is 1. The van der Waals surface area contributed by atoms with E-state index in [2.05, 4.69) is 45.2 Å². The lowest BCUT2D eigenvalue weighted by Crippen LogP contribution is -2.54. The molecule has 1 N–H and O–H groups in total. The van der Waals surface area contributed by atoms with Crippen LogP contribution < -0.4 is 5.43 Å². The summed E-state index contributed by atoms with van der Waals surface area (Å²) in [6.07, 6.45) is 3.47. The van der Waals surface area contributed by atoms with Crippen molar-refractivity contribution >= 4 is 21.8 Å². The minimum atomic E-state index is -0.142. The number of hydrogen-bond acceptors (Lipinski definition) is 3. The third kappa shape index (κ3) is 3.09. The van der Waals surface area contributed by atoms with E-state index in [1.807, 2.05) is 12.1 Å². The maximum atomic E-state index is 12.1. The number of piperidine rings is 1. The van der Waals surface area contributed by atoms with E-state index in [1.165, 1.54) is 6.42 Å². The SMILES string of the molecule is CC1CCCC(C)N1NC(=O)c1cccc(Br)n1. The third-order valence-electron chi connectivity index (χ3n) is 3.37. The first-order valence-electron chi connectivity index (χ1n) is 6.30. The van der Waals surface area contributed by atoms with E-state index in [1.54, 1.807) is 6.07 Å². The molecule has 1 amide bonds. The number of nitrogens with zero attached hydrogens (tertiary/aromatic N) is 2. The van der Waals surface area contributed by atoms with Crippen molar-refractivity contribution in [2.24, 2.45) is 0 Å². The first-order valence-corrected chi connectivity index (χ1v) is 7.09. The van der Waals surface area contributed by atoms with E-state index in [9.17, 15) is 4.79 Å². The lowest BCUT2D eigenvalue weighted by molar-refractivity contribution is 0.0366. The Morgan fingerprint density at radius 3 is 2.67 bits per heavy atom. The van der Waals surface area contributed by atoms with Gasteiger partial charge in [0.1, 0.15) is 10.3 Å². The molecule has 98 valence electrons. The van der Waals surface area contributed by atoms with Crippen LogP contribution in [-0.4, -0.2) is 28.0 Å². The van der Waals surface area contributed by atoms with Gasteiger partial charge in [0.15, 0.2) is 0 Å². The molecule has 0 aromatic carbocycles. The highest BCUT2D eigenvalue weighted by atomic mass is 79.9. The standard InChI is InChI=1S/C13H18BrN3O/c1-9-5-3-6-10(2)17(9)16-13(18)11-7-4-8-12(14)15-11/h4,7-10H,3,5-6H2,1-2H3,(H,16,18). The summed E-state index contributed by atoms with van der Waals surface area (Å²) in [5.74, 6) is -0.142. The predicted molar refractivity (Wildman–Crippen MR) is 74.0 cm³/mol. The lowest BCUT2D eigenvalue weighted by Gasteiger charge is -2.38. The van der Waals surface area contributed by atoms with Crippen molar-refractivity contribution in [2.45, 2.75) is 45.2 Å². The van der Waals surface area contributed by atoms with E-state index in [0.29, 0.717) is 22.4 Å². The quantitative estimate of drug-likeness (QED) is 0.854. The number of rotatable bonds is 2. The molecule has 0 bridgehead atoms. The van der Waals surface area contributed by atoms with E-state index < -0.39 is 0 Å². The van der Waals surface area contributed by atoms with Gasteiger partial charge in [-0.25, -0.2) is 9.99 Å². The Kier molecular flexibility index (Phi) is 4.35. The zero-order chi connectivity index (χ0) is 13.1. The largest absolute Gasteiger partial charge is 0.284 e. The fourth-order valence-corrected chi connectivity index (χ4v) is 2.69. The molecule has 2 heterocycles. The van der Waals surface area contributed by atoms with Crippen molar-refractivity contribution in [1.82, 2.24) is 15.4 Å². The number of aromatic nitrogens is 1. The number of nitrogens with one attached hydrogen (secondary N) is 1. The topological polar surface area (TPSA) is 45.2 Å². The van der Waals surface area contributed by atoms with Crippen LogP contribution in [0.3, 0.4) is 0 Å². The van der Waals surface area contributed by atoms with E-state index in [4.69, 9.17) is 0 Å². The molecule has 0 radical (unpaired) electrons. The van der Waals surface area contributed by atoms with Crippen LogP contribution >= 0.6 is 15.9 Å². The Labute approximate surface area is 116 Å². The second-order valence-corrected chi connectivity index (χ2v) is 5.64. The molecule has 1 aromatic rings. The second kappa shape index (κ2) is 5.80. The molecule has 18 heavy (non-hydrogen) atoms. The highest BCUT2D eigenvalue weighted by Crippen LogP contribution is 2.20. The molecule has 1 saturated heterocycles. The molecular formula is C13H18BrN3O. The van der Waals surface area contributed by atoms with Gasteiger partial charge in [0.2, 0.25) is 0 Å². The molecule has 0 aliphatic carbocycles. The van der Waals surface area contributed by atoms with Gasteiger partial charge in [-0.15, -0.1) is 0 Å². The van der Waals surface area contributed by atoms with E-state index >= 15 is 0 Å². The molecule has 1 fully saturated rings. The van der Waals surface area contributed by atoms with Gasteiger partial charge in [0.05, 0.1) is 0 Å². The Balaban J connectivity index is 2.06. The van der Waals surface area contributed by atoms with Gasteiger partial charge >= 0.3 is 0 Å². The Morgan fingerprint density at radius 1 is 1.39 bits per heavy atom. The molecule has 1 aromatic heterocycles. The van der Waals surface area contributed by atoms with Crippen molar-refractivity contribution in [3.8, 4) is 0 Å². The number of hydrogen-bond donors (Lipinski definition) is 1. The van der Waals surface area contributed by atoms with Crippen LogP contribution in [0.15, 0.2) is 22.8 Å². The fourth-order valence-electron chi connectivity index (χ4n) is 2.35. The van der Waals surface area contributed by atoms with Crippen LogP contribution in [0.1, 0.15) is 43.6 Å². The summed E-state index contributed by atoms with van der Waals surface area (Å²) < 4.78 is 0.676. The van der Waals surface area contributed by atoms with Crippen molar-refractivity contribution in [3.05, 3.63) is 28.5 Å². The first kappa shape index (κ1) is 13.5. The van der Waals surface area contributed by atoms with Crippen molar-refractivity contribution in [2.75, 3.05) is 0 Å². The maximum Gasteiger partial charge on any atom is 0.284 e. The van der Waals surface area contributed by atoms with Crippen LogP contribution in [0.5, 0.6) is 0 Å². The highest BCUT2D eigenvalue weighted by Gasteiger charge is 2.26. The molecule has 2 atom stereocenters. The fraction of sp³-hybridized carbons (Fsp3) is 0.538. The summed E-state index contributed by atoms with van der Waals surface area (Å²) >= 11 is 3.27. The lowest BCUT2D eigenvalue weighted by atomic mass is 10.00. The van der Waals surface area contributed by atoms with Crippen molar-refractivity contribution in [1.29, 1.82) is 0 Å². The highest BCUT2D eigenvalue weighted by molar-refractivity contribution is 9.10. The zero-order valence-electron chi connectivity index (χ0n) is 10.7. The molecular weight excluding hydrogens is 294 g/mol. The molecule has 1 aliphatic rings. The smallest absolute Gasteiger partial charge is 0.283 e. The maximum absolute atomic E-state index is 12.1. The molecule has 4 nitrogen and oxygen atoms in total. The number of carbonyl (C=O) groups is 1. The van der Waals surface area contributed by atoms with Gasteiger partial charge in [0.25, 0.3) is 5.91 Å². The zero-order valence-corrected chi connectivity index (χ0v) is 12.3. The molecule has 2 unspecified atom stereocenters. The average Bonchev–Trinajstić information content (AvgIpc) is 2.34. The number of halogens is 1. The Bertz CT molecular complexity index is 428. The molecule has 5 heteroatoms. The van der Waals surface area contributed by atoms with Gasteiger partial charge < -0.3 is 0 Å². The van der Waals surface area contributed by atoms with E-state index in [-0.39, 0.29) is 5.91 Å². The number of amides is 1. The van der Waals surface area contributed by atoms with Gasteiger partial charge in [-0.05, 0) is 54.8 Å². The van der Waals surface area contributed by atoms with Gasteiger partial charge in [-0.3, -0.25) is 10.2 Å². The van der Waals surface area contributed by atoms with Crippen LogP contribution in [0.2, 0.25) is 0 Å². The first-order chi connectivity index (χ1) is 8.58. The van der Waals surface area contributed by atoms with E-state index in [0.717, 1.165) is 12.8 Å². The molecule has 2 rings (SSSR count). The minimum absolute atomic E-state index is 0.142. The number of pyridine rings is 1. The molecule has 0 saturated carbocycles.